The van der Waals surface area contributed by atoms with E-state index in [0.717, 1.165) is 18.4 Å². The van der Waals surface area contributed by atoms with Gasteiger partial charge in [0.25, 0.3) is 0 Å². The van der Waals surface area contributed by atoms with Crippen molar-refractivity contribution in [3.8, 4) is 22.5 Å². The SMILES string of the molecule is CS(=O)(=O)c1ccc(-c2ccc(NC(=O)C3(c4ccc(C(F)(F)F)cc4F)CC3)cc2-c2nnn[nH]2)cn1. The highest BCUT2D eigenvalue weighted by molar-refractivity contribution is 7.90. The summed E-state index contributed by atoms with van der Waals surface area (Å²) < 4.78 is 77.0. The van der Waals surface area contributed by atoms with Crippen LogP contribution in [0.15, 0.2) is 59.8 Å². The Kier molecular flexibility index (Phi) is 6.01. The van der Waals surface area contributed by atoms with E-state index in [9.17, 15) is 30.8 Å². The molecule has 196 valence electrons. The van der Waals surface area contributed by atoms with Crippen LogP contribution >= 0.6 is 0 Å². The van der Waals surface area contributed by atoms with E-state index in [1.54, 1.807) is 24.3 Å². The molecule has 0 spiro atoms. The number of nitrogens with one attached hydrogen (secondary N) is 2. The molecule has 1 saturated carbocycles. The van der Waals surface area contributed by atoms with Crippen molar-refractivity contribution < 1.29 is 30.8 Å². The summed E-state index contributed by atoms with van der Waals surface area (Å²) in [7, 11) is -3.50. The number of carbonyl (C=O) groups excluding carboxylic acids is 1. The first kappa shape index (κ1) is 25.4. The third-order valence-corrected chi connectivity index (χ3v) is 7.30. The van der Waals surface area contributed by atoms with Crippen molar-refractivity contribution in [2.45, 2.75) is 29.5 Å². The molecule has 0 bridgehead atoms. The van der Waals surface area contributed by atoms with Crippen LogP contribution in [0, 0.1) is 5.82 Å². The summed E-state index contributed by atoms with van der Waals surface area (Å²) in [6.45, 7) is 0. The molecule has 0 radical (unpaired) electrons. The van der Waals surface area contributed by atoms with Crippen molar-refractivity contribution in [2.75, 3.05) is 11.6 Å². The number of H-pyrrole nitrogens is 1. The van der Waals surface area contributed by atoms with Crippen molar-refractivity contribution >= 4 is 21.4 Å². The Morgan fingerprint density at radius 3 is 2.37 bits per heavy atom. The predicted molar refractivity (Wildman–Crippen MR) is 127 cm³/mol. The zero-order chi connectivity index (χ0) is 27.3. The summed E-state index contributed by atoms with van der Waals surface area (Å²) in [5, 5.41) is 16.3. The maximum absolute atomic E-state index is 14.7. The van der Waals surface area contributed by atoms with Crippen LogP contribution in [0.3, 0.4) is 0 Å². The second-order valence-corrected chi connectivity index (χ2v) is 10.9. The number of tetrazole rings is 1. The molecule has 5 rings (SSSR count). The fourth-order valence-corrected chi connectivity index (χ4v) is 4.74. The molecule has 0 unspecified atom stereocenters. The molecular weight excluding hydrogens is 528 g/mol. The molecular formula is C24H18F4N6O3S. The highest BCUT2D eigenvalue weighted by Crippen LogP contribution is 2.50. The molecule has 2 aromatic heterocycles. The Morgan fingerprint density at radius 1 is 1.05 bits per heavy atom. The van der Waals surface area contributed by atoms with Gasteiger partial charge in [-0.15, -0.1) is 5.10 Å². The number of sulfone groups is 1. The maximum atomic E-state index is 14.7. The van der Waals surface area contributed by atoms with Gasteiger partial charge < -0.3 is 5.32 Å². The third-order valence-electron chi connectivity index (χ3n) is 6.30. The van der Waals surface area contributed by atoms with Crippen LogP contribution in [-0.4, -0.2) is 46.2 Å². The monoisotopic (exact) mass is 546 g/mol. The molecule has 2 aromatic carbocycles. The van der Waals surface area contributed by atoms with E-state index >= 15 is 0 Å². The number of pyridine rings is 1. The van der Waals surface area contributed by atoms with Gasteiger partial charge in [0.05, 0.1) is 11.0 Å². The van der Waals surface area contributed by atoms with Crippen LogP contribution in [0.2, 0.25) is 0 Å². The van der Waals surface area contributed by atoms with Crippen molar-refractivity contribution in [3.63, 3.8) is 0 Å². The number of benzene rings is 2. The standard InChI is InChI=1S/C24H18F4N6O3S/c1-38(36,37)20-7-2-13(12-29-20)16-5-4-15(11-17(16)21-31-33-34-32-21)30-22(35)23(8-9-23)18-6-3-14(10-19(18)25)24(26,27)28/h2-7,10-12H,8-9H2,1H3,(H,30,35)(H,31,32,33,34). The molecule has 1 fully saturated rings. The number of rotatable bonds is 6. The number of aromatic nitrogens is 5. The molecule has 14 heteroatoms. The molecule has 38 heavy (non-hydrogen) atoms. The van der Waals surface area contributed by atoms with Gasteiger partial charge in [-0.05, 0) is 65.2 Å². The minimum absolute atomic E-state index is 0.0988. The first-order chi connectivity index (χ1) is 17.9. The van der Waals surface area contributed by atoms with Crippen molar-refractivity contribution in [2.24, 2.45) is 0 Å². The molecule has 2 N–H and O–H groups in total. The van der Waals surface area contributed by atoms with Crippen LogP contribution < -0.4 is 5.32 Å². The summed E-state index contributed by atoms with van der Waals surface area (Å²) in [5.41, 5.74) is -0.633. The lowest BCUT2D eigenvalue weighted by Crippen LogP contribution is -2.29. The molecule has 2 heterocycles. The normalized spacial score (nSPS) is 14.8. The maximum Gasteiger partial charge on any atom is 0.416 e. The second kappa shape index (κ2) is 8.97. The third kappa shape index (κ3) is 4.74. The largest absolute Gasteiger partial charge is 0.416 e. The smallest absolute Gasteiger partial charge is 0.325 e. The van der Waals surface area contributed by atoms with Gasteiger partial charge in [-0.1, -0.05) is 12.1 Å². The highest BCUT2D eigenvalue weighted by Gasteiger charge is 2.53. The molecule has 0 saturated heterocycles. The number of amides is 1. The van der Waals surface area contributed by atoms with E-state index in [1.165, 1.54) is 12.3 Å². The molecule has 0 atom stereocenters. The van der Waals surface area contributed by atoms with Gasteiger partial charge in [-0.25, -0.2) is 22.9 Å². The van der Waals surface area contributed by atoms with Crippen LogP contribution in [-0.2, 0) is 26.2 Å². The molecule has 0 aliphatic heterocycles. The summed E-state index contributed by atoms with van der Waals surface area (Å²) in [5.74, 6) is -1.41. The number of halogens is 4. The van der Waals surface area contributed by atoms with Gasteiger partial charge in [0, 0.05) is 34.8 Å². The lowest BCUT2D eigenvalue weighted by molar-refractivity contribution is -0.137. The van der Waals surface area contributed by atoms with E-state index in [0.29, 0.717) is 28.4 Å². The number of hydrogen-bond donors (Lipinski definition) is 2. The number of nitrogens with zero attached hydrogens (tertiary/aromatic N) is 4. The first-order valence-electron chi connectivity index (χ1n) is 11.1. The summed E-state index contributed by atoms with van der Waals surface area (Å²) in [6, 6.07) is 9.88. The van der Waals surface area contributed by atoms with Crippen molar-refractivity contribution in [1.29, 1.82) is 0 Å². The molecule has 1 aliphatic carbocycles. The lowest BCUT2D eigenvalue weighted by atomic mass is 9.93. The highest BCUT2D eigenvalue weighted by atomic mass is 32.2. The fraction of sp³-hybridized carbons (Fsp3) is 0.208. The Labute approximate surface area is 213 Å². The summed E-state index contributed by atoms with van der Waals surface area (Å²) in [4.78, 5) is 17.2. The zero-order valence-electron chi connectivity index (χ0n) is 19.5. The van der Waals surface area contributed by atoms with Gasteiger partial charge in [0.1, 0.15) is 5.82 Å². The average molecular weight is 547 g/mol. The number of carbonyl (C=O) groups is 1. The average Bonchev–Trinajstić information content (AvgIpc) is 3.48. The number of alkyl halides is 3. The summed E-state index contributed by atoms with van der Waals surface area (Å²) in [6.07, 6.45) is -1.73. The topological polar surface area (TPSA) is 131 Å². The Morgan fingerprint density at radius 2 is 1.82 bits per heavy atom. The van der Waals surface area contributed by atoms with Crippen molar-refractivity contribution in [3.05, 3.63) is 71.7 Å². The lowest BCUT2D eigenvalue weighted by Gasteiger charge is -2.18. The number of aromatic amines is 1. The summed E-state index contributed by atoms with van der Waals surface area (Å²) >= 11 is 0. The molecule has 9 nitrogen and oxygen atoms in total. The molecule has 1 amide bonds. The Hall–Kier alpha value is -4.20. The number of hydrogen-bond acceptors (Lipinski definition) is 7. The zero-order valence-corrected chi connectivity index (χ0v) is 20.4. The van der Waals surface area contributed by atoms with E-state index in [1.807, 2.05) is 0 Å². The van der Waals surface area contributed by atoms with E-state index in [2.05, 4.69) is 30.9 Å². The Balaban J connectivity index is 1.46. The van der Waals surface area contributed by atoms with Gasteiger partial charge >= 0.3 is 6.18 Å². The van der Waals surface area contributed by atoms with E-state index in [-0.39, 0.29) is 29.3 Å². The fourth-order valence-electron chi connectivity index (χ4n) is 4.18. The Bertz CT molecular complexity index is 1630. The first-order valence-corrected chi connectivity index (χ1v) is 13.0. The quantitative estimate of drug-likeness (QED) is 0.347. The molecule has 4 aromatic rings. The van der Waals surface area contributed by atoms with E-state index < -0.39 is 38.7 Å². The van der Waals surface area contributed by atoms with Gasteiger partial charge in [-0.2, -0.15) is 13.2 Å². The van der Waals surface area contributed by atoms with Crippen LogP contribution in [0.25, 0.3) is 22.5 Å². The van der Waals surface area contributed by atoms with Gasteiger partial charge in [-0.3, -0.25) is 4.79 Å². The molecule has 1 aliphatic rings. The van der Waals surface area contributed by atoms with E-state index in [4.69, 9.17) is 0 Å². The number of anilines is 1. The van der Waals surface area contributed by atoms with Gasteiger partial charge in [0.2, 0.25) is 5.91 Å². The van der Waals surface area contributed by atoms with Crippen LogP contribution in [0.1, 0.15) is 24.0 Å². The van der Waals surface area contributed by atoms with Gasteiger partial charge in [0.15, 0.2) is 20.7 Å². The minimum atomic E-state index is -4.70. The van der Waals surface area contributed by atoms with Crippen molar-refractivity contribution in [1.82, 2.24) is 25.6 Å². The van der Waals surface area contributed by atoms with Crippen LogP contribution in [0.5, 0.6) is 0 Å². The predicted octanol–water partition coefficient (Wildman–Crippen LogP) is 4.16. The minimum Gasteiger partial charge on any atom is -0.325 e. The second-order valence-electron chi connectivity index (χ2n) is 8.90. The van der Waals surface area contributed by atoms with Crippen LogP contribution in [0.4, 0.5) is 23.2 Å².